The van der Waals surface area contributed by atoms with Crippen LogP contribution in [0.15, 0.2) is 29.2 Å². The summed E-state index contributed by atoms with van der Waals surface area (Å²) in [4.78, 5) is 40.7. The lowest BCUT2D eigenvalue weighted by atomic mass is 9.87. The predicted molar refractivity (Wildman–Crippen MR) is 113 cm³/mol. The fraction of sp³-hybridized carbons (Fsp3) is 0.571. The van der Waals surface area contributed by atoms with Crippen LogP contribution in [0.3, 0.4) is 0 Å². The van der Waals surface area contributed by atoms with Gasteiger partial charge in [0.2, 0.25) is 15.9 Å². The molecule has 0 bridgehead atoms. The summed E-state index contributed by atoms with van der Waals surface area (Å²) in [5.74, 6) is -0.286. The zero-order chi connectivity index (χ0) is 22.4. The van der Waals surface area contributed by atoms with Gasteiger partial charge in [0.05, 0.1) is 4.90 Å². The number of rotatable bonds is 3. The topological polar surface area (TPSA) is 107 Å². The normalized spacial score (nSPS) is 22.8. The van der Waals surface area contributed by atoms with Gasteiger partial charge < -0.3 is 10.2 Å². The van der Waals surface area contributed by atoms with E-state index in [1.807, 2.05) is 6.92 Å². The van der Waals surface area contributed by atoms with Crippen LogP contribution >= 0.6 is 0 Å². The van der Waals surface area contributed by atoms with E-state index in [9.17, 15) is 22.8 Å². The van der Waals surface area contributed by atoms with Crippen molar-refractivity contribution in [2.45, 2.75) is 56.0 Å². The van der Waals surface area contributed by atoms with Gasteiger partial charge in [-0.25, -0.2) is 13.2 Å². The molecular weight excluding hydrogens is 420 g/mol. The molecule has 3 heterocycles. The van der Waals surface area contributed by atoms with Crippen LogP contribution in [0.2, 0.25) is 0 Å². The summed E-state index contributed by atoms with van der Waals surface area (Å²) in [6.07, 6.45) is 1.60. The molecule has 4 rings (SSSR count). The standard InChI is InChI=1S/C21H28N4O5S/c1-15-3-5-18(6-4-15)31(29,30)24-11-7-17(8-12-24)25-19(27)21(22-20(25)28)9-13-23(14-10-21)16(2)26/h3-6,17H,7-14H2,1-2H3,(H,22,28). The predicted octanol–water partition coefficient (Wildman–Crippen LogP) is 1.08. The number of benzene rings is 1. The van der Waals surface area contributed by atoms with Gasteiger partial charge in [0.1, 0.15) is 5.54 Å². The van der Waals surface area contributed by atoms with Crippen molar-refractivity contribution >= 4 is 27.9 Å². The van der Waals surface area contributed by atoms with Crippen molar-refractivity contribution in [3.63, 3.8) is 0 Å². The summed E-state index contributed by atoms with van der Waals surface area (Å²) in [6, 6.07) is 5.99. The lowest BCUT2D eigenvalue weighted by Crippen LogP contribution is -2.56. The zero-order valence-corrected chi connectivity index (χ0v) is 18.7. The first-order valence-electron chi connectivity index (χ1n) is 10.6. The first-order chi connectivity index (χ1) is 14.6. The summed E-state index contributed by atoms with van der Waals surface area (Å²) < 4.78 is 27.3. The van der Waals surface area contributed by atoms with E-state index in [0.717, 1.165) is 5.56 Å². The quantitative estimate of drug-likeness (QED) is 0.697. The molecule has 3 fully saturated rings. The molecule has 0 aromatic heterocycles. The van der Waals surface area contributed by atoms with Gasteiger partial charge in [0.25, 0.3) is 5.91 Å². The van der Waals surface area contributed by atoms with Crippen LogP contribution in [-0.2, 0) is 19.6 Å². The average Bonchev–Trinajstić information content (AvgIpc) is 2.98. The fourth-order valence-corrected chi connectivity index (χ4v) is 6.18. The van der Waals surface area contributed by atoms with Crippen LogP contribution in [0.4, 0.5) is 4.79 Å². The molecule has 9 nitrogen and oxygen atoms in total. The third-order valence-corrected chi connectivity index (χ3v) is 8.62. The van der Waals surface area contributed by atoms with Crippen molar-refractivity contribution in [3.8, 4) is 0 Å². The summed E-state index contributed by atoms with van der Waals surface area (Å²) in [7, 11) is -3.60. The lowest BCUT2D eigenvalue weighted by molar-refractivity contribution is -0.138. The SMILES string of the molecule is CC(=O)N1CCC2(CC1)NC(=O)N(C1CCN(S(=O)(=O)c3ccc(C)cc3)CC1)C2=O. The lowest BCUT2D eigenvalue weighted by Gasteiger charge is -2.38. The van der Waals surface area contributed by atoms with E-state index in [0.29, 0.717) is 38.8 Å². The molecule has 3 aliphatic rings. The first-order valence-corrected chi connectivity index (χ1v) is 12.1. The van der Waals surface area contributed by atoms with Gasteiger partial charge in [-0.3, -0.25) is 14.5 Å². The number of aryl methyl sites for hydroxylation is 1. The number of nitrogens with zero attached hydrogens (tertiary/aromatic N) is 3. The Morgan fingerprint density at radius 3 is 2.16 bits per heavy atom. The molecule has 0 atom stereocenters. The summed E-state index contributed by atoms with van der Waals surface area (Å²) in [5, 5.41) is 2.87. The highest BCUT2D eigenvalue weighted by molar-refractivity contribution is 7.89. The van der Waals surface area contributed by atoms with Crippen molar-refractivity contribution in [2.24, 2.45) is 0 Å². The van der Waals surface area contributed by atoms with Gasteiger partial charge in [0, 0.05) is 39.1 Å². The molecule has 0 radical (unpaired) electrons. The highest BCUT2D eigenvalue weighted by atomic mass is 32.2. The maximum Gasteiger partial charge on any atom is 0.325 e. The number of hydrogen-bond donors (Lipinski definition) is 1. The number of piperidine rings is 2. The van der Waals surface area contributed by atoms with Gasteiger partial charge in [0.15, 0.2) is 0 Å². The maximum atomic E-state index is 13.2. The van der Waals surface area contributed by atoms with Crippen LogP contribution in [0.5, 0.6) is 0 Å². The fourth-order valence-electron chi connectivity index (χ4n) is 4.72. The number of urea groups is 1. The minimum Gasteiger partial charge on any atom is -0.343 e. The second-order valence-corrected chi connectivity index (χ2v) is 10.6. The minimum atomic E-state index is -3.60. The smallest absolute Gasteiger partial charge is 0.325 e. The average molecular weight is 449 g/mol. The second kappa shape index (κ2) is 7.90. The molecule has 31 heavy (non-hydrogen) atoms. The third kappa shape index (κ3) is 3.82. The third-order valence-electron chi connectivity index (χ3n) is 6.70. The molecule has 0 saturated carbocycles. The van der Waals surface area contributed by atoms with E-state index in [1.165, 1.54) is 16.1 Å². The molecule has 1 aromatic carbocycles. The Hall–Kier alpha value is -2.46. The molecule has 3 aliphatic heterocycles. The highest BCUT2D eigenvalue weighted by Gasteiger charge is 2.54. The number of imide groups is 1. The first kappa shape index (κ1) is 21.8. The van der Waals surface area contributed by atoms with Crippen LogP contribution in [-0.4, -0.2) is 78.1 Å². The highest BCUT2D eigenvalue weighted by Crippen LogP contribution is 2.33. The Balaban J connectivity index is 1.42. The van der Waals surface area contributed by atoms with E-state index in [4.69, 9.17) is 0 Å². The van der Waals surface area contributed by atoms with E-state index >= 15 is 0 Å². The Kier molecular flexibility index (Phi) is 5.55. The molecule has 1 aromatic rings. The minimum absolute atomic E-state index is 0.0364. The molecular formula is C21H28N4O5S. The Labute approximate surface area is 182 Å². The molecule has 0 unspecified atom stereocenters. The van der Waals surface area contributed by atoms with Crippen LogP contribution < -0.4 is 5.32 Å². The van der Waals surface area contributed by atoms with Crippen molar-refractivity contribution in [1.29, 1.82) is 0 Å². The van der Waals surface area contributed by atoms with E-state index in [1.54, 1.807) is 29.2 Å². The van der Waals surface area contributed by atoms with Gasteiger partial charge in [-0.2, -0.15) is 4.31 Å². The van der Waals surface area contributed by atoms with Crippen molar-refractivity contribution in [2.75, 3.05) is 26.2 Å². The van der Waals surface area contributed by atoms with E-state index in [2.05, 4.69) is 5.32 Å². The number of carbonyl (C=O) groups excluding carboxylic acids is 3. The maximum absolute atomic E-state index is 13.2. The van der Waals surface area contributed by atoms with E-state index in [-0.39, 0.29) is 35.8 Å². The van der Waals surface area contributed by atoms with E-state index < -0.39 is 21.6 Å². The Morgan fingerprint density at radius 1 is 1.03 bits per heavy atom. The molecule has 1 spiro atoms. The number of hydrogen-bond acceptors (Lipinski definition) is 5. The van der Waals surface area contributed by atoms with Crippen molar-refractivity contribution in [3.05, 3.63) is 29.8 Å². The molecule has 10 heteroatoms. The summed E-state index contributed by atoms with van der Waals surface area (Å²) in [5.41, 5.74) is 0.0352. The van der Waals surface area contributed by atoms with Crippen molar-refractivity contribution in [1.82, 2.24) is 19.4 Å². The molecule has 168 valence electrons. The molecule has 0 aliphatic carbocycles. The summed E-state index contributed by atoms with van der Waals surface area (Å²) in [6.45, 7) is 4.77. The second-order valence-electron chi connectivity index (χ2n) is 8.64. The number of carbonyl (C=O) groups is 3. The van der Waals surface area contributed by atoms with Crippen LogP contribution in [0.25, 0.3) is 0 Å². The monoisotopic (exact) mass is 448 g/mol. The van der Waals surface area contributed by atoms with Gasteiger partial charge in [-0.05, 0) is 44.7 Å². The largest absolute Gasteiger partial charge is 0.343 e. The number of sulfonamides is 1. The number of nitrogens with one attached hydrogen (secondary N) is 1. The molecule has 1 N–H and O–H groups in total. The summed E-state index contributed by atoms with van der Waals surface area (Å²) >= 11 is 0. The van der Waals surface area contributed by atoms with Crippen LogP contribution in [0.1, 0.15) is 38.2 Å². The van der Waals surface area contributed by atoms with Gasteiger partial charge >= 0.3 is 6.03 Å². The Bertz CT molecular complexity index is 991. The van der Waals surface area contributed by atoms with Crippen molar-refractivity contribution < 1.29 is 22.8 Å². The van der Waals surface area contributed by atoms with Crippen LogP contribution in [0, 0.1) is 6.92 Å². The molecule has 4 amide bonds. The zero-order valence-electron chi connectivity index (χ0n) is 17.8. The number of amides is 4. The van der Waals surface area contributed by atoms with Gasteiger partial charge in [-0.15, -0.1) is 0 Å². The Morgan fingerprint density at radius 2 is 1.61 bits per heavy atom. The number of likely N-dealkylation sites (tertiary alicyclic amines) is 1. The van der Waals surface area contributed by atoms with Gasteiger partial charge in [-0.1, -0.05) is 17.7 Å². The molecule has 3 saturated heterocycles.